The number of nitrogens with zero attached hydrogens (tertiary/aromatic N) is 3. The average Bonchev–Trinajstić information content (AvgIpc) is 2.97. The summed E-state index contributed by atoms with van der Waals surface area (Å²) in [6.45, 7) is 1.83. The molecule has 0 unspecified atom stereocenters. The van der Waals surface area contributed by atoms with Gasteiger partial charge < -0.3 is 10.1 Å². The van der Waals surface area contributed by atoms with Crippen molar-refractivity contribution in [3.8, 4) is 11.4 Å². The summed E-state index contributed by atoms with van der Waals surface area (Å²) in [5.41, 5.74) is 1.78. The molecule has 24 heavy (non-hydrogen) atoms. The largest absolute Gasteiger partial charge is 0.495 e. The molecular formula is C17H21ClN4O2. The molecule has 3 rings (SSSR count). The first kappa shape index (κ1) is 16.8. The van der Waals surface area contributed by atoms with Crippen molar-refractivity contribution < 1.29 is 9.53 Å². The number of hydrogen-bond donors (Lipinski definition) is 1. The third-order valence-corrected chi connectivity index (χ3v) is 4.73. The summed E-state index contributed by atoms with van der Waals surface area (Å²) in [5.74, 6) is 0.429. The zero-order valence-electron chi connectivity index (χ0n) is 13.9. The summed E-state index contributed by atoms with van der Waals surface area (Å²) < 4.78 is 6.76. The number of carbonyl (C=O) groups excluding carboxylic acids is 1. The second-order valence-corrected chi connectivity index (χ2v) is 6.47. The number of aromatic nitrogens is 3. The topological polar surface area (TPSA) is 69.0 Å². The number of carbonyl (C=O) groups is 1. The number of nitrogens with one attached hydrogen (secondary N) is 1. The summed E-state index contributed by atoms with van der Waals surface area (Å²) in [7, 11) is 1.56. The molecule has 0 aliphatic heterocycles. The summed E-state index contributed by atoms with van der Waals surface area (Å²) in [5, 5.41) is 11.7. The molecule has 0 saturated heterocycles. The second kappa shape index (κ2) is 7.21. The van der Waals surface area contributed by atoms with Gasteiger partial charge in [-0.15, -0.1) is 5.10 Å². The van der Waals surface area contributed by atoms with Crippen molar-refractivity contribution in [3.05, 3.63) is 34.6 Å². The van der Waals surface area contributed by atoms with Crippen molar-refractivity contribution >= 4 is 17.5 Å². The van der Waals surface area contributed by atoms with E-state index in [2.05, 4.69) is 15.6 Å². The van der Waals surface area contributed by atoms with Crippen LogP contribution in [0.4, 0.5) is 0 Å². The lowest BCUT2D eigenvalue weighted by atomic mass is 9.95. The van der Waals surface area contributed by atoms with Crippen LogP contribution in [0.2, 0.25) is 5.02 Å². The highest BCUT2D eigenvalue weighted by Crippen LogP contribution is 2.27. The van der Waals surface area contributed by atoms with Gasteiger partial charge in [-0.3, -0.25) is 4.79 Å². The van der Waals surface area contributed by atoms with Gasteiger partial charge in [0.1, 0.15) is 5.75 Å². The van der Waals surface area contributed by atoms with E-state index in [1.165, 1.54) is 19.3 Å². The number of rotatable bonds is 4. The number of methoxy groups -OCH3 is 1. The minimum absolute atomic E-state index is 0.162. The highest BCUT2D eigenvalue weighted by molar-refractivity contribution is 6.32. The van der Waals surface area contributed by atoms with Gasteiger partial charge in [-0.05, 0) is 38.0 Å². The molecule has 2 aromatic rings. The van der Waals surface area contributed by atoms with Crippen molar-refractivity contribution in [2.45, 2.75) is 45.1 Å². The number of amides is 1. The molecule has 1 N–H and O–H groups in total. The maximum Gasteiger partial charge on any atom is 0.273 e. The Balaban J connectivity index is 1.80. The van der Waals surface area contributed by atoms with Crippen LogP contribution in [0, 0.1) is 6.92 Å². The van der Waals surface area contributed by atoms with Gasteiger partial charge in [-0.2, -0.15) is 0 Å². The van der Waals surface area contributed by atoms with Crippen LogP contribution >= 0.6 is 11.6 Å². The molecule has 1 fully saturated rings. The van der Waals surface area contributed by atoms with Gasteiger partial charge in [0.25, 0.3) is 5.91 Å². The smallest absolute Gasteiger partial charge is 0.273 e. The molecule has 0 radical (unpaired) electrons. The molecule has 1 saturated carbocycles. The van der Waals surface area contributed by atoms with E-state index in [0.29, 0.717) is 22.2 Å². The van der Waals surface area contributed by atoms with E-state index in [0.717, 1.165) is 18.5 Å². The van der Waals surface area contributed by atoms with Crippen molar-refractivity contribution in [2.75, 3.05) is 7.11 Å². The fourth-order valence-corrected chi connectivity index (χ4v) is 3.32. The van der Waals surface area contributed by atoms with E-state index < -0.39 is 0 Å². The summed E-state index contributed by atoms with van der Waals surface area (Å²) in [6, 6.07) is 5.58. The van der Waals surface area contributed by atoms with Gasteiger partial charge in [0.2, 0.25) is 0 Å². The molecule has 1 aliphatic rings. The van der Waals surface area contributed by atoms with Crippen molar-refractivity contribution in [1.82, 2.24) is 20.3 Å². The van der Waals surface area contributed by atoms with E-state index in [4.69, 9.17) is 16.3 Å². The SMILES string of the molecule is COc1ccc(-n2nnc(C(=O)NC3CCCCC3)c2C)cc1Cl. The molecule has 1 amide bonds. The Morgan fingerprint density at radius 2 is 2.08 bits per heavy atom. The molecule has 0 atom stereocenters. The quantitative estimate of drug-likeness (QED) is 0.920. The van der Waals surface area contributed by atoms with Gasteiger partial charge in [0.05, 0.1) is 23.5 Å². The van der Waals surface area contributed by atoms with Gasteiger partial charge in [0.15, 0.2) is 5.69 Å². The molecular weight excluding hydrogens is 328 g/mol. The van der Waals surface area contributed by atoms with Crippen LogP contribution in [-0.4, -0.2) is 34.1 Å². The fourth-order valence-electron chi connectivity index (χ4n) is 3.07. The number of halogens is 1. The highest BCUT2D eigenvalue weighted by atomic mass is 35.5. The molecule has 1 heterocycles. The minimum atomic E-state index is -0.162. The van der Waals surface area contributed by atoms with Gasteiger partial charge in [-0.25, -0.2) is 4.68 Å². The first-order valence-corrected chi connectivity index (χ1v) is 8.55. The summed E-state index contributed by atoms with van der Waals surface area (Å²) >= 11 is 6.16. The van der Waals surface area contributed by atoms with E-state index in [9.17, 15) is 4.79 Å². The van der Waals surface area contributed by atoms with Crippen LogP contribution in [0.25, 0.3) is 5.69 Å². The standard InChI is InChI=1S/C17H21ClN4O2/c1-11-16(17(23)19-12-6-4-3-5-7-12)20-21-22(11)13-8-9-15(24-2)14(18)10-13/h8-10,12H,3-7H2,1-2H3,(H,19,23). The Hall–Kier alpha value is -2.08. The molecule has 1 aliphatic carbocycles. The maximum atomic E-state index is 12.5. The third-order valence-electron chi connectivity index (χ3n) is 4.43. The Labute approximate surface area is 146 Å². The molecule has 1 aromatic carbocycles. The maximum absolute atomic E-state index is 12.5. The molecule has 0 spiro atoms. The second-order valence-electron chi connectivity index (χ2n) is 6.06. The molecule has 0 bridgehead atoms. The van der Waals surface area contributed by atoms with Crippen molar-refractivity contribution in [2.24, 2.45) is 0 Å². The Kier molecular flexibility index (Phi) is 5.04. The Morgan fingerprint density at radius 3 is 2.75 bits per heavy atom. The zero-order valence-corrected chi connectivity index (χ0v) is 14.6. The van der Waals surface area contributed by atoms with Crippen molar-refractivity contribution in [3.63, 3.8) is 0 Å². The zero-order chi connectivity index (χ0) is 17.1. The van der Waals surface area contributed by atoms with Crippen LogP contribution in [0.1, 0.15) is 48.3 Å². The predicted molar refractivity (Wildman–Crippen MR) is 92.0 cm³/mol. The van der Waals surface area contributed by atoms with Gasteiger partial charge in [0, 0.05) is 6.04 Å². The Bertz CT molecular complexity index is 738. The fraction of sp³-hybridized carbons (Fsp3) is 0.471. The molecule has 128 valence electrons. The lowest BCUT2D eigenvalue weighted by molar-refractivity contribution is 0.0922. The van der Waals surface area contributed by atoms with E-state index in [1.54, 1.807) is 23.9 Å². The van der Waals surface area contributed by atoms with E-state index in [1.807, 2.05) is 13.0 Å². The monoisotopic (exact) mass is 348 g/mol. The molecule has 7 heteroatoms. The lowest BCUT2D eigenvalue weighted by Gasteiger charge is -2.22. The Morgan fingerprint density at radius 1 is 1.33 bits per heavy atom. The van der Waals surface area contributed by atoms with E-state index in [-0.39, 0.29) is 11.9 Å². The summed E-state index contributed by atoms with van der Waals surface area (Å²) in [4.78, 5) is 12.5. The molecule has 1 aromatic heterocycles. The van der Waals surface area contributed by atoms with Crippen molar-refractivity contribution in [1.29, 1.82) is 0 Å². The van der Waals surface area contributed by atoms with Gasteiger partial charge in [-0.1, -0.05) is 36.1 Å². The predicted octanol–water partition coefficient (Wildman–Crippen LogP) is 3.30. The highest BCUT2D eigenvalue weighted by Gasteiger charge is 2.22. The number of hydrogen-bond acceptors (Lipinski definition) is 4. The molecule has 6 nitrogen and oxygen atoms in total. The first-order chi connectivity index (χ1) is 11.6. The normalized spacial score (nSPS) is 15.3. The summed E-state index contributed by atoms with van der Waals surface area (Å²) in [6.07, 6.45) is 5.65. The third kappa shape index (κ3) is 3.38. The lowest BCUT2D eigenvalue weighted by Crippen LogP contribution is -2.36. The van der Waals surface area contributed by atoms with Crippen LogP contribution in [0.3, 0.4) is 0 Å². The van der Waals surface area contributed by atoms with Crippen LogP contribution in [0.15, 0.2) is 18.2 Å². The first-order valence-electron chi connectivity index (χ1n) is 8.17. The van der Waals surface area contributed by atoms with E-state index >= 15 is 0 Å². The van der Waals surface area contributed by atoms with Crippen LogP contribution < -0.4 is 10.1 Å². The van der Waals surface area contributed by atoms with Crippen LogP contribution in [-0.2, 0) is 0 Å². The number of benzene rings is 1. The van der Waals surface area contributed by atoms with Crippen LogP contribution in [0.5, 0.6) is 5.75 Å². The minimum Gasteiger partial charge on any atom is -0.495 e. The number of ether oxygens (including phenoxy) is 1. The van der Waals surface area contributed by atoms with Gasteiger partial charge >= 0.3 is 0 Å². The average molecular weight is 349 g/mol.